The molecule has 30 heavy (non-hydrogen) atoms. The van der Waals surface area contributed by atoms with Crippen LogP contribution in [-0.2, 0) is 4.79 Å². The number of halogens is 3. The minimum Gasteiger partial charge on any atom is -0.312 e. The maximum absolute atomic E-state index is 12.5. The lowest BCUT2D eigenvalue weighted by Crippen LogP contribution is -2.24. The molecular weight excluding hydrogens is 467 g/mol. The molecule has 6 nitrogen and oxygen atoms in total. The zero-order valence-electron chi connectivity index (χ0n) is 15.7. The van der Waals surface area contributed by atoms with Crippen molar-refractivity contribution < 1.29 is 9.59 Å². The van der Waals surface area contributed by atoms with Crippen molar-refractivity contribution >= 4 is 68.8 Å². The van der Waals surface area contributed by atoms with Crippen LogP contribution >= 0.6 is 46.1 Å². The minimum absolute atomic E-state index is 0.00795. The second kappa shape index (κ2) is 8.51. The van der Waals surface area contributed by atoms with E-state index in [0.29, 0.717) is 33.2 Å². The van der Waals surface area contributed by atoms with Crippen molar-refractivity contribution in [2.45, 2.75) is 19.3 Å². The number of hydrogen-bond donors (Lipinski definition) is 1. The zero-order chi connectivity index (χ0) is 21.4. The van der Waals surface area contributed by atoms with Gasteiger partial charge in [0.05, 0.1) is 10.6 Å². The van der Waals surface area contributed by atoms with Crippen LogP contribution in [0.3, 0.4) is 0 Å². The Hall–Kier alpha value is -2.19. The number of hydrogen-bond acceptors (Lipinski definition) is 5. The first-order valence-corrected chi connectivity index (χ1v) is 10.9. The highest BCUT2D eigenvalue weighted by molar-refractivity contribution is 7.15. The van der Waals surface area contributed by atoms with Gasteiger partial charge >= 0.3 is 0 Å². The number of carbonyl (C=O) groups excluding carboxylic acids is 2. The zero-order valence-corrected chi connectivity index (χ0v) is 18.7. The molecule has 1 saturated heterocycles. The molecule has 2 heterocycles. The van der Waals surface area contributed by atoms with Gasteiger partial charge in [-0.2, -0.15) is 0 Å². The number of amides is 2. The van der Waals surface area contributed by atoms with Gasteiger partial charge in [-0.1, -0.05) is 52.2 Å². The quantitative estimate of drug-likeness (QED) is 0.528. The van der Waals surface area contributed by atoms with E-state index in [0.717, 1.165) is 11.3 Å². The Morgan fingerprint density at radius 3 is 2.70 bits per heavy atom. The summed E-state index contributed by atoms with van der Waals surface area (Å²) in [6, 6.07) is 10.2. The summed E-state index contributed by atoms with van der Waals surface area (Å²) in [4.78, 5) is 26.7. The summed E-state index contributed by atoms with van der Waals surface area (Å²) >= 11 is 19.4. The lowest BCUT2D eigenvalue weighted by atomic mass is 10.1. The number of nitrogens with zero attached hydrogens (tertiary/aromatic N) is 3. The molecule has 0 aliphatic carbocycles. The third-order valence-corrected chi connectivity index (χ3v) is 6.75. The van der Waals surface area contributed by atoms with Gasteiger partial charge in [0, 0.05) is 34.6 Å². The van der Waals surface area contributed by atoms with Gasteiger partial charge < -0.3 is 4.90 Å². The molecule has 0 saturated carbocycles. The predicted octanol–water partition coefficient (Wildman–Crippen LogP) is 5.58. The molecular formula is C20H15Cl3N4O2S. The maximum atomic E-state index is 12.5. The van der Waals surface area contributed by atoms with Crippen molar-refractivity contribution in [3.8, 4) is 0 Å². The number of aryl methyl sites for hydroxylation is 1. The molecule has 1 aliphatic heterocycles. The first-order valence-electron chi connectivity index (χ1n) is 8.98. The van der Waals surface area contributed by atoms with Crippen molar-refractivity contribution in [2.75, 3.05) is 16.8 Å². The van der Waals surface area contributed by atoms with E-state index in [4.69, 9.17) is 34.8 Å². The van der Waals surface area contributed by atoms with Crippen LogP contribution in [0.1, 0.15) is 33.3 Å². The number of benzene rings is 2. The average molecular weight is 482 g/mol. The second-order valence-electron chi connectivity index (χ2n) is 6.86. The number of rotatable bonds is 4. The van der Waals surface area contributed by atoms with Gasteiger partial charge in [0.15, 0.2) is 0 Å². The highest BCUT2D eigenvalue weighted by atomic mass is 35.5. The Labute approximate surface area is 191 Å². The van der Waals surface area contributed by atoms with E-state index in [9.17, 15) is 9.59 Å². The van der Waals surface area contributed by atoms with Crippen LogP contribution in [0.5, 0.6) is 0 Å². The number of nitrogens with one attached hydrogen (secondary N) is 1. The number of carbonyl (C=O) groups is 2. The lowest BCUT2D eigenvalue weighted by Gasteiger charge is -2.17. The molecule has 4 rings (SSSR count). The standard InChI is InChI=1S/C20H15Cl3N4O2S/c1-10-2-4-13(8-16(10)23)27-9-11(6-17(27)28)19-25-26-20(30-19)24-18(29)14-7-12(21)3-5-15(14)22/h2-5,7-8,11H,6,9H2,1H3,(H,24,26,29). The first-order chi connectivity index (χ1) is 14.3. The number of anilines is 2. The molecule has 154 valence electrons. The van der Waals surface area contributed by atoms with E-state index in [-0.39, 0.29) is 22.4 Å². The van der Waals surface area contributed by atoms with E-state index in [1.165, 1.54) is 17.4 Å². The van der Waals surface area contributed by atoms with E-state index in [2.05, 4.69) is 15.5 Å². The molecule has 3 aromatic rings. The summed E-state index contributed by atoms with van der Waals surface area (Å²) in [6.07, 6.45) is 0.314. The fraction of sp³-hybridized carbons (Fsp3) is 0.200. The Morgan fingerprint density at radius 2 is 1.93 bits per heavy atom. The summed E-state index contributed by atoms with van der Waals surface area (Å²) in [5, 5.41) is 13.2. The summed E-state index contributed by atoms with van der Waals surface area (Å²) < 4.78 is 0. The molecule has 1 fully saturated rings. The normalized spacial score (nSPS) is 16.2. The average Bonchev–Trinajstić information content (AvgIpc) is 3.32. The number of aromatic nitrogens is 2. The fourth-order valence-corrected chi connectivity index (χ4v) is 4.54. The smallest absolute Gasteiger partial charge is 0.259 e. The molecule has 1 atom stereocenters. The SMILES string of the molecule is Cc1ccc(N2CC(c3nnc(NC(=O)c4cc(Cl)ccc4Cl)s3)CC2=O)cc1Cl. The molecule has 1 aliphatic rings. The van der Waals surface area contributed by atoms with E-state index in [1.54, 1.807) is 23.1 Å². The monoisotopic (exact) mass is 480 g/mol. The highest BCUT2D eigenvalue weighted by Gasteiger charge is 2.34. The Bertz CT molecular complexity index is 1150. The molecule has 0 radical (unpaired) electrons. The largest absolute Gasteiger partial charge is 0.312 e. The molecule has 2 amide bonds. The second-order valence-corrected chi connectivity index (χ2v) is 9.12. The molecule has 1 aromatic heterocycles. The van der Waals surface area contributed by atoms with Crippen LogP contribution in [0.15, 0.2) is 36.4 Å². The topological polar surface area (TPSA) is 75.2 Å². The summed E-state index contributed by atoms with van der Waals surface area (Å²) in [5.41, 5.74) is 1.96. The predicted molar refractivity (Wildman–Crippen MR) is 120 cm³/mol. The molecule has 1 N–H and O–H groups in total. The lowest BCUT2D eigenvalue weighted by molar-refractivity contribution is -0.117. The van der Waals surface area contributed by atoms with E-state index in [1.807, 2.05) is 19.1 Å². The van der Waals surface area contributed by atoms with Gasteiger partial charge in [0.1, 0.15) is 5.01 Å². The van der Waals surface area contributed by atoms with Gasteiger partial charge in [0.2, 0.25) is 11.0 Å². The van der Waals surface area contributed by atoms with Crippen LogP contribution < -0.4 is 10.2 Å². The summed E-state index contributed by atoms with van der Waals surface area (Å²) in [7, 11) is 0. The van der Waals surface area contributed by atoms with Crippen molar-refractivity contribution in [3.05, 3.63) is 67.6 Å². The van der Waals surface area contributed by atoms with Crippen LogP contribution in [0.4, 0.5) is 10.8 Å². The Kier molecular flexibility index (Phi) is 5.97. The minimum atomic E-state index is -0.427. The van der Waals surface area contributed by atoms with Gasteiger partial charge in [0.25, 0.3) is 5.91 Å². The van der Waals surface area contributed by atoms with Gasteiger partial charge in [-0.15, -0.1) is 10.2 Å². The molecule has 10 heteroatoms. The third kappa shape index (κ3) is 4.30. The van der Waals surface area contributed by atoms with Gasteiger partial charge in [-0.25, -0.2) is 0 Å². The van der Waals surface area contributed by atoms with Crippen molar-refractivity contribution in [3.63, 3.8) is 0 Å². The van der Waals surface area contributed by atoms with Crippen molar-refractivity contribution in [2.24, 2.45) is 0 Å². The Morgan fingerprint density at radius 1 is 1.13 bits per heavy atom. The highest BCUT2D eigenvalue weighted by Crippen LogP contribution is 2.35. The summed E-state index contributed by atoms with van der Waals surface area (Å²) in [5.74, 6) is -0.550. The first kappa shape index (κ1) is 21.1. The molecule has 0 bridgehead atoms. The van der Waals surface area contributed by atoms with Crippen molar-refractivity contribution in [1.29, 1.82) is 0 Å². The van der Waals surface area contributed by atoms with E-state index >= 15 is 0 Å². The van der Waals surface area contributed by atoms with Gasteiger partial charge in [-0.05, 0) is 42.8 Å². The van der Waals surface area contributed by atoms with Crippen LogP contribution in [0.25, 0.3) is 0 Å². The Balaban J connectivity index is 1.47. The third-order valence-electron chi connectivity index (χ3n) is 4.78. The molecule has 2 aromatic carbocycles. The van der Waals surface area contributed by atoms with E-state index < -0.39 is 5.91 Å². The van der Waals surface area contributed by atoms with Crippen LogP contribution in [-0.4, -0.2) is 28.6 Å². The molecule has 0 spiro atoms. The van der Waals surface area contributed by atoms with Gasteiger partial charge in [-0.3, -0.25) is 14.9 Å². The van der Waals surface area contributed by atoms with Crippen LogP contribution in [0.2, 0.25) is 15.1 Å². The van der Waals surface area contributed by atoms with Crippen LogP contribution in [0, 0.1) is 6.92 Å². The van der Waals surface area contributed by atoms with Crippen molar-refractivity contribution in [1.82, 2.24) is 10.2 Å². The fourth-order valence-electron chi connectivity index (χ4n) is 3.16. The molecule has 1 unspecified atom stereocenters. The summed E-state index contributed by atoms with van der Waals surface area (Å²) in [6.45, 7) is 2.38. The maximum Gasteiger partial charge on any atom is 0.259 e.